The molecule has 0 radical (unpaired) electrons. The first kappa shape index (κ1) is 25.6. The van der Waals surface area contributed by atoms with Crippen LogP contribution in [0.15, 0.2) is 18.3 Å². The first-order valence-corrected chi connectivity index (χ1v) is 12.7. The molecule has 0 bridgehead atoms. The third kappa shape index (κ3) is 6.02. The van der Waals surface area contributed by atoms with Crippen molar-refractivity contribution in [2.75, 3.05) is 59.6 Å². The van der Waals surface area contributed by atoms with E-state index in [9.17, 15) is 14.7 Å². The fraction of sp³-hybridized carbons (Fsp3) is 0.654. The monoisotopic (exact) mass is 486 g/mol. The zero-order chi connectivity index (χ0) is 24.9. The highest BCUT2D eigenvalue weighted by Gasteiger charge is 2.35. The van der Waals surface area contributed by atoms with Crippen molar-refractivity contribution >= 4 is 17.4 Å². The Kier molecular flexibility index (Phi) is 8.41. The van der Waals surface area contributed by atoms with E-state index in [1.807, 2.05) is 19.9 Å². The van der Waals surface area contributed by atoms with E-state index < -0.39 is 0 Å². The predicted octanol–water partition coefficient (Wildman–Crippen LogP) is 1.66. The molecule has 3 aliphatic rings. The van der Waals surface area contributed by atoms with Gasteiger partial charge in [-0.3, -0.25) is 14.5 Å². The van der Waals surface area contributed by atoms with Gasteiger partial charge in [0.2, 0.25) is 11.8 Å². The van der Waals surface area contributed by atoms with Gasteiger partial charge in [-0.05, 0) is 43.4 Å². The third-order valence-corrected chi connectivity index (χ3v) is 7.27. The molecule has 1 aliphatic carbocycles. The number of carbonyl (C=O) groups excluding carboxylic acids is 2. The van der Waals surface area contributed by atoms with E-state index in [-0.39, 0.29) is 42.4 Å². The van der Waals surface area contributed by atoms with Gasteiger partial charge in [0.05, 0.1) is 39.0 Å². The molecule has 192 valence electrons. The number of hydrogen-bond acceptors (Lipinski definition) is 7. The Morgan fingerprint density at radius 1 is 1.34 bits per heavy atom. The summed E-state index contributed by atoms with van der Waals surface area (Å²) in [6, 6.07) is 1.53. The molecule has 4 rings (SSSR count). The Bertz CT molecular complexity index is 946. The van der Waals surface area contributed by atoms with Gasteiger partial charge in [-0.15, -0.1) is 0 Å². The third-order valence-electron chi connectivity index (χ3n) is 7.27. The van der Waals surface area contributed by atoms with Crippen LogP contribution in [0.5, 0.6) is 5.88 Å². The molecule has 9 nitrogen and oxygen atoms in total. The van der Waals surface area contributed by atoms with E-state index in [4.69, 9.17) is 9.47 Å². The van der Waals surface area contributed by atoms with Crippen molar-refractivity contribution in [1.29, 1.82) is 0 Å². The van der Waals surface area contributed by atoms with E-state index >= 15 is 0 Å². The number of ether oxygens (including phenoxy) is 2. The van der Waals surface area contributed by atoms with E-state index in [0.29, 0.717) is 38.4 Å². The lowest BCUT2D eigenvalue weighted by Gasteiger charge is -2.38. The maximum atomic E-state index is 13.6. The van der Waals surface area contributed by atoms with Gasteiger partial charge >= 0.3 is 0 Å². The Labute approximate surface area is 207 Å². The van der Waals surface area contributed by atoms with Crippen LogP contribution in [0.3, 0.4) is 0 Å². The second kappa shape index (κ2) is 11.5. The smallest absolute Gasteiger partial charge is 0.259 e. The number of rotatable bonds is 7. The van der Waals surface area contributed by atoms with Gasteiger partial charge in [-0.1, -0.05) is 13.0 Å². The number of aromatic nitrogens is 1. The van der Waals surface area contributed by atoms with E-state index in [1.165, 1.54) is 5.57 Å². The molecule has 0 saturated carbocycles. The number of carbonyl (C=O) groups is 2. The summed E-state index contributed by atoms with van der Waals surface area (Å²) in [4.78, 5) is 36.6. The molecule has 0 unspecified atom stereocenters. The summed E-state index contributed by atoms with van der Waals surface area (Å²) in [7, 11) is 1.79. The highest BCUT2D eigenvalue weighted by atomic mass is 16.5. The predicted molar refractivity (Wildman–Crippen MR) is 132 cm³/mol. The Morgan fingerprint density at radius 2 is 2.11 bits per heavy atom. The minimum absolute atomic E-state index is 0.0260. The lowest BCUT2D eigenvalue weighted by atomic mass is 9.99. The van der Waals surface area contributed by atoms with Crippen molar-refractivity contribution in [1.82, 2.24) is 19.7 Å². The molecular formula is C26H38N4O5. The molecule has 1 fully saturated rings. The number of pyridine rings is 1. The number of fused-ring (bicyclic) bond motifs is 1. The quantitative estimate of drug-likeness (QED) is 0.626. The molecule has 2 amide bonds. The summed E-state index contributed by atoms with van der Waals surface area (Å²) in [5.74, 6) is 0.0616. The molecule has 3 atom stereocenters. The Morgan fingerprint density at radius 3 is 2.80 bits per heavy atom. The average molecular weight is 487 g/mol. The molecule has 1 aromatic rings. The minimum atomic E-state index is -0.349. The number of aliphatic hydroxyl groups excluding tert-OH is 1. The van der Waals surface area contributed by atoms with Crippen molar-refractivity contribution in [3.8, 4) is 5.88 Å². The zero-order valence-corrected chi connectivity index (χ0v) is 21.1. The molecule has 9 heteroatoms. The SMILES string of the molecule is C[C@H](CO)N1C[C@H](C)[C@H](CN(C)C(=O)CN2CCOCC2)Oc2ncc(C3=CCCC3)cc2C1=O. The lowest BCUT2D eigenvalue weighted by Crippen LogP contribution is -2.51. The summed E-state index contributed by atoms with van der Waals surface area (Å²) < 4.78 is 11.7. The van der Waals surface area contributed by atoms with Crippen molar-refractivity contribution in [2.45, 2.75) is 45.3 Å². The Balaban J connectivity index is 1.56. The summed E-state index contributed by atoms with van der Waals surface area (Å²) in [6.07, 6.45) is 6.75. The number of allylic oxidation sites excluding steroid dienone is 2. The van der Waals surface area contributed by atoms with Gasteiger partial charge < -0.3 is 24.4 Å². The number of morpholine rings is 1. The second-order valence-electron chi connectivity index (χ2n) is 9.98. The normalized spacial score (nSPS) is 24.2. The van der Waals surface area contributed by atoms with Crippen molar-refractivity contribution in [3.05, 3.63) is 29.5 Å². The largest absolute Gasteiger partial charge is 0.472 e. The van der Waals surface area contributed by atoms with E-state index in [1.54, 1.807) is 23.0 Å². The van der Waals surface area contributed by atoms with Crippen molar-refractivity contribution in [2.24, 2.45) is 5.92 Å². The highest BCUT2D eigenvalue weighted by Crippen LogP contribution is 2.32. The number of hydrogen-bond donors (Lipinski definition) is 1. The summed E-state index contributed by atoms with van der Waals surface area (Å²) in [5, 5.41) is 9.85. The zero-order valence-electron chi connectivity index (χ0n) is 21.1. The van der Waals surface area contributed by atoms with Crippen LogP contribution in [-0.4, -0.2) is 108 Å². The summed E-state index contributed by atoms with van der Waals surface area (Å²) >= 11 is 0. The van der Waals surface area contributed by atoms with Crippen molar-refractivity contribution < 1.29 is 24.2 Å². The number of nitrogens with zero attached hydrogens (tertiary/aromatic N) is 4. The molecule has 35 heavy (non-hydrogen) atoms. The van der Waals surface area contributed by atoms with Gasteiger partial charge in [0, 0.05) is 38.8 Å². The Hall–Kier alpha value is -2.49. The van der Waals surface area contributed by atoms with Gasteiger partial charge in [0.25, 0.3) is 5.91 Å². The van der Waals surface area contributed by atoms with Crippen LogP contribution in [0.25, 0.3) is 5.57 Å². The van der Waals surface area contributed by atoms with E-state index in [0.717, 1.165) is 37.9 Å². The van der Waals surface area contributed by atoms with Gasteiger partial charge in [-0.2, -0.15) is 0 Å². The molecule has 1 aromatic heterocycles. The highest BCUT2D eigenvalue weighted by molar-refractivity contribution is 5.97. The standard InChI is InChI=1S/C26H38N4O5/c1-18-14-30(19(2)17-31)26(33)22-12-21(20-6-4-5-7-20)13-27-25(22)35-23(18)15-28(3)24(32)16-29-8-10-34-11-9-29/h6,12-13,18-19,23,31H,4-5,7-11,14-17H2,1-3H3/t18-,19+,23-/m0/s1. The van der Waals surface area contributed by atoms with Crippen LogP contribution in [0.4, 0.5) is 0 Å². The number of amides is 2. The molecule has 0 aromatic carbocycles. The molecule has 1 N–H and O–H groups in total. The second-order valence-corrected chi connectivity index (χ2v) is 9.98. The maximum absolute atomic E-state index is 13.6. The molecule has 1 saturated heterocycles. The molecule has 0 spiro atoms. The number of likely N-dealkylation sites (N-methyl/N-ethyl adjacent to an activating group) is 1. The first-order valence-electron chi connectivity index (χ1n) is 12.7. The van der Waals surface area contributed by atoms with Crippen LogP contribution < -0.4 is 4.74 Å². The van der Waals surface area contributed by atoms with Crippen LogP contribution in [0.2, 0.25) is 0 Å². The minimum Gasteiger partial charge on any atom is -0.472 e. The van der Waals surface area contributed by atoms with Crippen LogP contribution in [-0.2, 0) is 9.53 Å². The van der Waals surface area contributed by atoms with Crippen LogP contribution >= 0.6 is 0 Å². The average Bonchev–Trinajstić information content (AvgIpc) is 3.41. The fourth-order valence-corrected chi connectivity index (χ4v) is 4.87. The maximum Gasteiger partial charge on any atom is 0.259 e. The van der Waals surface area contributed by atoms with Crippen LogP contribution in [0.1, 0.15) is 49.0 Å². The van der Waals surface area contributed by atoms with Gasteiger partial charge in [0.15, 0.2) is 0 Å². The van der Waals surface area contributed by atoms with E-state index in [2.05, 4.69) is 16.0 Å². The number of aliphatic hydroxyl groups is 1. The van der Waals surface area contributed by atoms with Gasteiger partial charge in [-0.25, -0.2) is 4.98 Å². The first-order chi connectivity index (χ1) is 16.9. The van der Waals surface area contributed by atoms with Gasteiger partial charge in [0.1, 0.15) is 11.7 Å². The van der Waals surface area contributed by atoms with Crippen molar-refractivity contribution in [3.63, 3.8) is 0 Å². The fourth-order valence-electron chi connectivity index (χ4n) is 4.87. The van der Waals surface area contributed by atoms with Crippen LogP contribution in [0, 0.1) is 5.92 Å². The lowest BCUT2D eigenvalue weighted by molar-refractivity contribution is -0.133. The molecule has 2 aliphatic heterocycles. The summed E-state index contributed by atoms with van der Waals surface area (Å²) in [5.41, 5.74) is 2.56. The topological polar surface area (TPSA) is 95.4 Å². The summed E-state index contributed by atoms with van der Waals surface area (Å²) in [6.45, 7) is 7.67. The molecule has 3 heterocycles. The molecular weight excluding hydrogens is 448 g/mol.